The number of ether oxygens (including phenoxy) is 1. The SMILES string of the molecule is CC(C)(CCC(C(N)=O)(c1ccccc1)c1ccccc1)N1CC[C@H](Oc2cc(O)c(Cl)cc2Cl)C1. The van der Waals surface area contributed by atoms with Gasteiger partial charge in [0.1, 0.15) is 17.6 Å². The van der Waals surface area contributed by atoms with Gasteiger partial charge in [-0.1, -0.05) is 83.9 Å². The van der Waals surface area contributed by atoms with E-state index in [4.69, 9.17) is 33.7 Å². The van der Waals surface area contributed by atoms with Crippen LogP contribution in [0.15, 0.2) is 72.8 Å². The first-order chi connectivity index (χ1) is 17.1. The van der Waals surface area contributed by atoms with Gasteiger partial charge in [0, 0.05) is 24.7 Å². The van der Waals surface area contributed by atoms with Crippen LogP contribution >= 0.6 is 23.2 Å². The molecule has 1 fully saturated rings. The highest BCUT2D eigenvalue weighted by atomic mass is 35.5. The molecule has 190 valence electrons. The van der Waals surface area contributed by atoms with Crippen LogP contribution in [0.1, 0.15) is 44.2 Å². The van der Waals surface area contributed by atoms with Gasteiger partial charge in [0.05, 0.1) is 15.5 Å². The van der Waals surface area contributed by atoms with Crippen molar-refractivity contribution in [2.24, 2.45) is 5.73 Å². The summed E-state index contributed by atoms with van der Waals surface area (Å²) >= 11 is 12.2. The number of benzene rings is 3. The molecule has 0 aliphatic carbocycles. The van der Waals surface area contributed by atoms with Gasteiger partial charge in [-0.25, -0.2) is 0 Å². The highest BCUT2D eigenvalue weighted by Gasteiger charge is 2.43. The van der Waals surface area contributed by atoms with Gasteiger partial charge in [0.25, 0.3) is 0 Å². The Bertz CT molecular complexity index is 1160. The number of halogens is 2. The zero-order valence-corrected chi connectivity index (χ0v) is 22.1. The molecule has 36 heavy (non-hydrogen) atoms. The summed E-state index contributed by atoms with van der Waals surface area (Å²) in [5, 5.41) is 10.5. The zero-order valence-electron chi connectivity index (χ0n) is 20.6. The molecule has 1 atom stereocenters. The average Bonchev–Trinajstić information content (AvgIpc) is 3.34. The van der Waals surface area contributed by atoms with Crippen LogP contribution in [0.2, 0.25) is 10.0 Å². The highest BCUT2D eigenvalue weighted by molar-refractivity contribution is 6.36. The number of likely N-dealkylation sites (tertiary alicyclic amines) is 1. The molecular formula is C29H32Cl2N2O3. The van der Waals surface area contributed by atoms with Gasteiger partial charge in [0.2, 0.25) is 5.91 Å². The smallest absolute Gasteiger partial charge is 0.232 e. The maximum absolute atomic E-state index is 13.1. The predicted molar refractivity (Wildman–Crippen MR) is 145 cm³/mol. The van der Waals surface area contributed by atoms with Gasteiger partial charge in [-0.2, -0.15) is 0 Å². The molecule has 3 aromatic carbocycles. The number of rotatable bonds is 9. The Morgan fingerprint density at radius 3 is 2.14 bits per heavy atom. The fraction of sp³-hybridized carbons (Fsp3) is 0.345. The van der Waals surface area contributed by atoms with E-state index < -0.39 is 5.41 Å². The fourth-order valence-electron chi connectivity index (χ4n) is 5.12. The summed E-state index contributed by atoms with van der Waals surface area (Å²) in [4.78, 5) is 15.5. The quantitative estimate of drug-likeness (QED) is 0.348. The Balaban J connectivity index is 1.52. The van der Waals surface area contributed by atoms with Crippen LogP contribution in [0.25, 0.3) is 0 Å². The van der Waals surface area contributed by atoms with E-state index in [1.807, 2.05) is 60.7 Å². The van der Waals surface area contributed by atoms with Crippen LogP contribution in [0, 0.1) is 0 Å². The summed E-state index contributed by atoms with van der Waals surface area (Å²) < 4.78 is 6.12. The minimum absolute atomic E-state index is 0.0594. The van der Waals surface area contributed by atoms with E-state index in [9.17, 15) is 9.90 Å². The third-order valence-electron chi connectivity index (χ3n) is 7.36. The summed E-state index contributed by atoms with van der Waals surface area (Å²) in [5.74, 6) is 0.00973. The molecule has 1 amide bonds. The standard InChI is InChI=1S/C29H32Cl2N2O3/c1-28(2,33-16-13-22(19-33)36-26-18-25(34)23(30)17-24(26)31)14-15-29(27(32)35,20-9-5-3-6-10-20)21-11-7-4-8-12-21/h3-12,17-18,22,34H,13-16,19H2,1-2H3,(H2,32,35)/t22-/m0/s1. The number of phenolic OH excluding ortho intramolecular Hbond substituents is 1. The van der Waals surface area contributed by atoms with Crippen LogP contribution in [0.4, 0.5) is 0 Å². The van der Waals surface area contributed by atoms with Crippen molar-refractivity contribution in [1.29, 1.82) is 0 Å². The molecule has 3 N–H and O–H groups in total. The van der Waals surface area contributed by atoms with Crippen molar-refractivity contribution >= 4 is 29.1 Å². The summed E-state index contributed by atoms with van der Waals surface area (Å²) in [6.07, 6.45) is 2.06. The Labute approximate surface area is 222 Å². The van der Waals surface area contributed by atoms with Gasteiger partial charge in [-0.15, -0.1) is 0 Å². The molecule has 0 bridgehead atoms. The molecule has 0 radical (unpaired) electrons. The number of aromatic hydroxyl groups is 1. The van der Waals surface area contributed by atoms with Crippen molar-refractivity contribution in [3.05, 3.63) is 94.0 Å². The number of hydrogen-bond acceptors (Lipinski definition) is 4. The second-order valence-corrected chi connectivity index (χ2v) is 10.8. The Morgan fingerprint density at radius 1 is 1.00 bits per heavy atom. The number of carbonyl (C=O) groups excluding carboxylic acids is 1. The Kier molecular flexibility index (Phi) is 7.84. The molecule has 1 aliphatic heterocycles. The molecule has 5 nitrogen and oxygen atoms in total. The zero-order chi connectivity index (χ0) is 25.9. The Hall–Kier alpha value is -2.73. The van der Waals surface area contributed by atoms with Gasteiger partial charge in [-0.3, -0.25) is 9.69 Å². The fourth-order valence-corrected chi connectivity index (χ4v) is 5.55. The van der Waals surface area contributed by atoms with Crippen LogP contribution in [0.3, 0.4) is 0 Å². The van der Waals surface area contributed by atoms with Crippen LogP contribution in [-0.4, -0.2) is 40.6 Å². The first-order valence-corrected chi connectivity index (χ1v) is 12.9. The minimum atomic E-state index is -0.927. The normalized spacial score (nSPS) is 16.7. The third-order valence-corrected chi connectivity index (χ3v) is 7.96. The van der Waals surface area contributed by atoms with E-state index in [2.05, 4.69) is 18.7 Å². The van der Waals surface area contributed by atoms with E-state index in [1.165, 1.54) is 12.1 Å². The summed E-state index contributed by atoms with van der Waals surface area (Å²) in [5.41, 5.74) is 6.81. The maximum Gasteiger partial charge on any atom is 0.232 e. The van der Waals surface area contributed by atoms with E-state index >= 15 is 0 Å². The average molecular weight is 527 g/mol. The van der Waals surface area contributed by atoms with Gasteiger partial charge < -0.3 is 15.6 Å². The predicted octanol–water partition coefficient (Wildman–Crippen LogP) is 6.18. The number of nitrogens with two attached hydrogens (primary N) is 1. The van der Waals surface area contributed by atoms with Crippen molar-refractivity contribution in [3.63, 3.8) is 0 Å². The molecule has 1 saturated heterocycles. The molecule has 0 saturated carbocycles. The van der Waals surface area contributed by atoms with Crippen molar-refractivity contribution in [2.45, 2.75) is 50.2 Å². The van der Waals surface area contributed by atoms with Crippen molar-refractivity contribution in [2.75, 3.05) is 13.1 Å². The largest absolute Gasteiger partial charge is 0.506 e. The van der Waals surface area contributed by atoms with Crippen molar-refractivity contribution < 1.29 is 14.6 Å². The lowest BCUT2D eigenvalue weighted by molar-refractivity contribution is -0.122. The van der Waals surface area contributed by atoms with Gasteiger partial charge in [-0.05, 0) is 50.3 Å². The van der Waals surface area contributed by atoms with Gasteiger partial charge >= 0.3 is 0 Å². The number of phenols is 1. The van der Waals surface area contributed by atoms with E-state index in [1.54, 1.807) is 0 Å². The molecule has 4 rings (SSSR count). The first kappa shape index (κ1) is 26.3. The number of hydrogen-bond donors (Lipinski definition) is 2. The van der Waals surface area contributed by atoms with E-state index in [0.29, 0.717) is 23.7 Å². The molecule has 1 aliphatic rings. The second-order valence-electron chi connectivity index (χ2n) is 10.0. The lowest BCUT2D eigenvalue weighted by Crippen LogP contribution is -2.47. The lowest BCUT2D eigenvalue weighted by Gasteiger charge is -2.40. The first-order valence-electron chi connectivity index (χ1n) is 12.1. The molecule has 0 aromatic heterocycles. The number of primary amides is 1. The van der Waals surface area contributed by atoms with E-state index in [0.717, 1.165) is 30.5 Å². The lowest BCUT2D eigenvalue weighted by atomic mass is 9.69. The summed E-state index contributed by atoms with van der Waals surface area (Å²) in [7, 11) is 0. The topological polar surface area (TPSA) is 75.8 Å². The summed E-state index contributed by atoms with van der Waals surface area (Å²) in [6, 6.07) is 22.6. The van der Waals surface area contributed by atoms with Crippen molar-refractivity contribution in [3.8, 4) is 11.5 Å². The second kappa shape index (κ2) is 10.7. The Morgan fingerprint density at radius 2 is 1.58 bits per heavy atom. The monoisotopic (exact) mass is 526 g/mol. The highest BCUT2D eigenvalue weighted by Crippen LogP contribution is 2.41. The molecule has 0 spiro atoms. The molecule has 0 unspecified atom stereocenters. The third kappa shape index (κ3) is 5.34. The maximum atomic E-state index is 13.1. The van der Waals surface area contributed by atoms with Crippen LogP contribution in [0.5, 0.6) is 11.5 Å². The number of nitrogens with zero attached hydrogens (tertiary/aromatic N) is 1. The molecule has 7 heteroatoms. The van der Waals surface area contributed by atoms with Crippen LogP contribution in [-0.2, 0) is 10.2 Å². The molecule has 1 heterocycles. The van der Waals surface area contributed by atoms with E-state index in [-0.39, 0.29) is 28.3 Å². The number of carbonyl (C=O) groups is 1. The van der Waals surface area contributed by atoms with Crippen LogP contribution < -0.4 is 10.5 Å². The summed E-state index contributed by atoms with van der Waals surface area (Å²) in [6.45, 7) is 5.93. The minimum Gasteiger partial charge on any atom is -0.506 e. The van der Waals surface area contributed by atoms with Crippen molar-refractivity contribution in [1.82, 2.24) is 4.90 Å². The molecular weight excluding hydrogens is 495 g/mol. The molecule has 3 aromatic rings. The number of amides is 1. The van der Waals surface area contributed by atoms with Gasteiger partial charge in [0.15, 0.2) is 0 Å².